The van der Waals surface area contributed by atoms with E-state index in [1.165, 1.54) is 12.8 Å². The first-order valence-corrected chi connectivity index (χ1v) is 7.07. The molecule has 0 aliphatic carbocycles. The van der Waals surface area contributed by atoms with Crippen molar-refractivity contribution >= 4 is 21.8 Å². The van der Waals surface area contributed by atoms with E-state index in [0.717, 1.165) is 36.0 Å². The third kappa shape index (κ3) is 3.84. The Morgan fingerprint density at radius 3 is 2.53 bits per heavy atom. The minimum absolute atomic E-state index is 0.269. The molecule has 2 nitrogen and oxygen atoms in total. The maximum absolute atomic E-state index is 12.1. The summed E-state index contributed by atoms with van der Waals surface area (Å²) in [7, 11) is 0. The van der Waals surface area contributed by atoms with Crippen molar-refractivity contribution in [2.75, 3.05) is 13.1 Å². The van der Waals surface area contributed by atoms with E-state index >= 15 is 0 Å². The molecule has 0 spiro atoms. The summed E-state index contributed by atoms with van der Waals surface area (Å²) in [5, 5.41) is 0. The molecule has 1 aromatic carbocycles. The lowest BCUT2D eigenvalue weighted by atomic mass is 10.1. The van der Waals surface area contributed by atoms with Crippen molar-refractivity contribution < 1.29 is 4.79 Å². The molecule has 0 aromatic heterocycles. The minimum atomic E-state index is 0.269. The van der Waals surface area contributed by atoms with E-state index in [1.54, 1.807) is 0 Å². The highest BCUT2D eigenvalue weighted by Crippen LogP contribution is 2.15. The van der Waals surface area contributed by atoms with Gasteiger partial charge in [0.1, 0.15) is 0 Å². The molecule has 0 radical (unpaired) electrons. The van der Waals surface area contributed by atoms with Gasteiger partial charge in [0.05, 0.1) is 6.42 Å². The molecule has 92 valence electrons. The molecule has 0 saturated carbocycles. The Hall–Kier alpha value is -0.830. The number of benzene rings is 1. The predicted molar refractivity (Wildman–Crippen MR) is 72.9 cm³/mol. The van der Waals surface area contributed by atoms with Gasteiger partial charge in [-0.2, -0.15) is 0 Å². The summed E-state index contributed by atoms with van der Waals surface area (Å²) in [4.78, 5) is 14.2. The molecule has 2 rings (SSSR count). The highest BCUT2D eigenvalue weighted by atomic mass is 79.9. The maximum Gasteiger partial charge on any atom is 0.226 e. The lowest BCUT2D eigenvalue weighted by molar-refractivity contribution is -0.130. The fourth-order valence-electron chi connectivity index (χ4n) is 2.25. The Labute approximate surface area is 111 Å². The van der Waals surface area contributed by atoms with Gasteiger partial charge in [0.25, 0.3) is 0 Å². The van der Waals surface area contributed by atoms with Gasteiger partial charge in [-0.05, 0) is 30.5 Å². The second-order valence-electron chi connectivity index (χ2n) is 4.60. The third-order valence-corrected chi connectivity index (χ3v) is 3.70. The number of rotatable bonds is 2. The van der Waals surface area contributed by atoms with Crippen LogP contribution in [0.15, 0.2) is 28.7 Å². The van der Waals surface area contributed by atoms with Crippen molar-refractivity contribution in [2.24, 2.45) is 0 Å². The average Bonchev–Trinajstić information content (AvgIpc) is 2.57. The number of carbonyl (C=O) groups excluding carboxylic acids is 1. The molecular formula is C14H18BrNO. The highest BCUT2D eigenvalue weighted by molar-refractivity contribution is 9.10. The molecule has 0 unspecified atom stereocenters. The van der Waals surface area contributed by atoms with Gasteiger partial charge in [-0.1, -0.05) is 40.9 Å². The van der Waals surface area contributed by atoms with Crippen molar-refractivity contribution in [1.82, 2.24) is 4.90 Å². The van der Waals surface area contributed by atoms with Crippen molar-refractivity contribution in [3.63, 3.8) is 0 Å². The second-order valence-corrected chi connectivity index (χ2v) is 5.52. The lowest BCUT2D eigenvalue weighted by Crippen LogP contribution is -2.33. The summed E-state index contributed by atoms with van der Waals surface area (Å²) in [5.41, 5.74) is 1.09. The number of halogens is 1. The minimum Gasteiger partial charge on any atom is -0.342 e. The van der Waals surface area contributed by atoms with E-state index in [-0.39, 0.29) is 5.91 Å². The molecule has 0 bridgehead atoms. The molecule has 0 N–H and O–H groups in total. The molecule has 17 heavy (non-hydrogen) atoms. The standard InChI is InChI=1S/C14H18BrNO/c15-13-7-5-6-12(10-13)11-14(17)16-8-3-1-2-4-9-16/h5-7,10H,1-4,8-9,11H2. The Morgan fingerprint density at radius 1 is 1.18 bits per heavy atom. The van der Waals surface area contributed by atoms with Crippen molar-refractivity contribution in [1.29, 1.82) is 0 Å². The largest absolute Gasteiger partial charge is 0.342 e. The molecule has 1 aliphatic heterocycles. The van der Waals surface area contributed by atoms with Crippen LogP contribution in [-0.4, -0.2) is 23.9 Å². The van der Waals surface area contributed by atoms with Crippen molar-refractivity contribution in [2.45, 2.75) is 32.1 Å². The first-order chi connectivity index (χ1) is 8.25. The summed E-state index contributed by atoms with van der Waals surface area (Å²) >= 11 is 3.44. The van der Waals surface area contributed by atoms with E-state index in [0.29, 0.717) is 6.42 Å². The Bertz CT molecular complexity index is 384. The SMILES string of the molecule is O=C(Cc1cccc(Br)c1)N1CCCCCC1. The number of hydrogen-bond acceptors (Lipinski definition) is 1. The van der Waals surface area contributed by atoms with Gasteiger partial charge >= 0.3 is 0 Å². The van der Waals surface area contributed by atoms with Gasteiger partial charge in [-0.25, -0.2) is 0 Å². The van der Waals surface area contributed by atoms with Gasteiger partial charge in [-0.3, -0.25) is 4.79 Å². The lowest BCUT2D eigenvalue weighted by Gasteiger charge is -2.20. The van der Waals surface area contributed by atoms with Crippen LogP contribution in [0, 0.1) is 0 Å². The quantitative estimate of drug-likeness (QED) is 0.819. The molecule has 1 aliphatic rings. The van der Waals surface area contributed by atoms with Gasteiger partial charge in [-0.15, -0.1) is 0 Å². The predicted octanol–water partition coefficient (Wildman–Crippen LogP) is 3.39. The smallest absolute Gasteiger partial charge is 0.226 e. The van der Waals surface area contributed by atoms with E-state index in [4.69, 9.17) is 0 Å². The number of hydrogen-bond donors (Lipinski definition) is 0. The first kappa shape index (κ1) is 12.6. The van der Waals surface area contributed by atoms with Crippen LogP contribution in [0.5, 0.6) is 0 Å². The fraction of sp³-hybridized carbons (Fsp3) is 0.500. The van der Waals surface area contributed by atoms with Crippen LogP contribution in [0.4, 0.5) is 0 Å². The zero-order valence-electron chi connectivity index (χ0n) is 9.99. The Kier molecular flexibility index (Phi) is 4.60. The van der Waals surface area contributed by atoms with Crippen molar-refractivity contribution in [3.8, 4) is 0 Å². The molecule has 1 amide bonds. The van der Waals surface area contributed by atoms with E-state index in [9.17, 15) is 4.79 Å². The third-order valence-electron chi connectivity index (χ3n) is 3.20. The summed E-state index contributed by atoms with van der Waals surface area (Å²) in [6, 6.07) is 8.01. The first-order valence-electron chi connectivity index (χ1n) is 6.28. The molecule has 1 aromatic rings. The monoisotopic (exact) mass is 295 g/mol. The number of amides is 1. The maximum atomic E-state index is 12.1. The summed E-state index contributed by atoms with van der Waals surface area (Å²) in [5.74, 6) is 0.269. The van der Waals surface area contributed by atoms with Gasteiger partial charge < -0.3 is 4.90 Å². The summed E-state index contributed by atoms with van der Waals surface area (Å²) in [6.07, 6.45) is 5.37. The fourth-order valence-corrected chi connectivity index (χ4v) is 2.70. The zero-order valence-corrected chi connectivity index (χ0v) is 11.6. The average molecular weight is 296 g/mol. The Morgan fingerprint density at radius 2 is 1.88 bits per heavy atom. The van der Waals surface area contributed by atoms with Crippen LogP contribution in [0.25, 0.3) is 0 Å². The highest BCUT2D eigenvalue weighted by Gasteiger charge is 2.15. The molecule has 1 fully saturated rings. The van der Waals surface area contributed by atoms with Crippen LogP contribution in [0.1, 0.15) is 31.2 Å². The molecule has 0 atom stereocenters. The number of carbonyl (C=O) groups is 1. The normalized spacial score (nSPS) is 16.6. The van der Waals surface area contributed by atoms with E-state index in [1.807, 2.05) is 29.2 Å². The van der Waals surface area contributed by atoms with Crippen molar-refractivity contribution in [3.05, 3.63) is 34.3 Å². The molecule has 1 saturated heterocycles. The molecule has 3 heteroatoms. The molecule has 1 heterocycles. The topological polar surface area (TPSA) is 20.3 Å². The Balaban J connectivity index is 1.95. The zero-order chi connectivity index (χ0) is 12.1. The van der Waals surface area contributed by atoms with Gasteiger partial charge in [0.2, 0.25) is 5.91 Å². The van der Waals surface area contributed by atoms with E-state index < -0.39 is 0 Å². The summed E-state index contributed by atoms with van der Waals surface area (Å²) < 4.78 is 1.04. The number of likely N-dealkylation sites (tertiary alicyclic amines) is 1. The van der Waals surface area contributed by atoms with Crippen LogP contribution in [0.2, 0.25) is 0 Å². The van der Waals surface area contributed by atoms with Crippen LogP contribution >= 0.6 is 15.9 Å². The van der Waals surface area contributed by atoms with Crippen LogP contribution < -0.4 is 0 Å². The van der Waals surface area contributed by atoms with Gasteiger partial charge in [0.15, 0.2) is 0 Å². The second kappa shape index (κ2) is 6.20. The van der Waals surface area contributed by atoms with Gasteiger partial charge in [0, 0.05) is 17.6 Å². The van der Waals surface area contributed by atoms with Crippen LogP contribution in [-0.2, 0) is 11.2 Å². The van der Waals surface area contributed by atoms with E-state index in [2.05, 4.69) is 15.9 Å². The number of nitrogens with zero attached hydrogens (tertiary/aromatic N) is 1. The molecular weight excluding hydrogens is 278 g/mol. The van der Waals surface area contributed by atoms with Crippen LogP contribution in [0.3, 0.4) is 0 Å². The summed E-state index contributed by atoms with van der Waals surface area (Å²) in [6.45, 7) is 1.87.